The highest BCUT2D eigenvalue weighted by Gasteiger charge is 2.41. The van der Waals surface area contributed by atoms with Crippen LogP contribution in [0.2, 0.25) is 0 Å². The molecule has 1 saturated heterocycles. The highest BCUT2D eigenvalue weighted by molar-refractivity contribution is 6.35. The molecule has 25 heavy (non-hydrogen) atoms. The van der Waals surface area contributed by atoms with Crippen LogP contribution in [0.5, 0.6) is 5.75 Å². The number of imide groups is 1. The van der Waals surface area contributed by atoms with Crippen molar-refractivity contribution in [3.8, 4) is 5.75 Å². The summed E-state index contributed by atoms with van der Waals surface area (Å²) in [5.41, 5.74) is 1.92. The van der Waals surface area contributed by atoms with E-state index in [1.807, 2.05) is 31.2 Å². The third-order valence-electron chi connectivity index (χ3n) is 4.63. The largest absolute Gasteiger partial charge is 0.494 e. The zero-order valence-electron chi connectivity index (χ0n) is 15.1. The molecule has 1 aromatic carbocycles. The first-order valence-corrected chi connectivity index (χ1v) is 9.26. The van der Waals surface area contributed by atoms with Crippen LogP contribution in [0.3, 0.4) is 0 Å². The van der Waals surface area contributed by atoms with Gasteiger partial charge in [-0.1, -0.05) is 26.0 Å². The normalized spacial score (nSPS) is 17.8. The fraction of sp³-hybridized carbons (Fsp3) is 0.500. The van der Waals surface area contributed by atoms with Gasteiger partial charge in [0.25, 0.3) is 11.8 Å². The van der Waals surface area contributed by atoms with Gasteiger partial charge in [-0.3, -0.25) is 14.5 Å². The maximum Gasteiger partial charge on any atom is 0.277 e. The molecule has 2 aliphatic heterocycles. The maximum absolute atomic E-state index is 12.9. The summed E-state index contributed by atoms with van der Waals surface area (Å²) in [7, 11) is 0. The Labute approximate surface area is 149 Å². The SMILES string of the molecule is CCCOc1ccc(C2=C(N3CCCC3)C(=O)N(CCC)C2=O)cc1. The molecule has 0 unspecified atom stereocenters. The molecule has 3 rings (SSSR count). The number of amides is 2. The van der Waals surface area contributed by atoms with E-state index in [9.17, 15) is 9.59 Å². The summed E-state index contributed by atoms with van der Waals surface area (Å²) >= 11 is 0. The lowest BCUT2D eigenvalue weighted by Gasteiger charge is -2.20. The van der Waals surface area contributed by atoms with Crippen LogP contribution in [0.1, 0.15) is 45.1 Å². The molecule has 5 heteroatoms. The van der Waals surface area contributed by atoms with Crippen molar-refractivity contribution < 1.29 is 14.3 Å². The second kappa shape index (κ2) is 7.72. The second-order valence-corrected chi connectivity index (χ2v) is 6.55. The summed E-state index contributed by atoms with van der Waals surface area (Å²) in [5.74, 6) is 0.474. The lowest BCUT2D eigenvalue weighted by atomic mass is 10.0. The average molecular weight is 342 g/mol. The first kappa shape index (κ1) is 17.5. The predicted octanol–water partition coefficient (Wildman–Crippen LogP) is 3.06. The second-order valence-electron chi connectivity index (χ2n) is 6.55. The Balaban J connectivity index is 1.96. The Morgan fingerprint density at radius 2 is 1.64 bits per heavy atom. The van der Waals surface area contributed by atoms with E-state index in [0.717, 1.165) is 50.1 Å². The molecule has 0 saturated carbocycles. The lowest BCUT2D eigenvalue weighted by molar-refractivity contribution is -0.137. The molecule has 5 nitrogen and oxygen atoms in total. The third kappa shape index (κ3) is 3.41. The van der Waals surface area contributed by atoms with Crippen LogP contribution in [-0.4, -0.2) is 47.9 Å². The summed E-state index contributed by atoms with van der Waals surface area (Å²) in [4.78, 5) is 29.3. The van der Waals surface area contributed by atoms with Gasteiger partial charge in [0.1, 0.15) is 11.4 Å². The molecule has 1 aromatic rings. The smallest absolute Gasteiger partial charge is 0.277 e. The molecule has 134 valence electrons. The number of carbonyl (C=O) groups excluding carboxylic acids is 2. The minimum Gasteiger partial charge on any atom is -0.494 e. The van der Waals surface area contributed by atoms with Gasteiger partial charge in [0, 0.05) is 19.6 Å². The quantitative estimate of drug-likeness (QED) is 0.715. The molecule has 0 radical (unpaired) electrons. The Morgan fingerprint density at radius 3 is 2.24 bits per heavy atom. The zero-order chi connectivity index (χ0) is 17.8. The minimum atomic E-state index is -0.170. The Bertz CT molecular complexity index is 673. The molecule has 2 amide bonds. The Kier molecular flexibility index (Phi) is 5.41. The van der Waals surface area contributed by atoms with Gasteiger partial charge in [-0.15, -0.1) is 0 Å². The Morgan fingerprint density at radius 1 is 0.960 bits per heavy atom. The summed E-state index contributed by atoms with van der Waals surface area (Å²) < 4.78 is 5.62. The van der Waals surface area contributed by atoms with Crippen molar-refractivity contribution in [3.63, 3.8) is 0 Å². The van der Waals surface area contributed by atoms with E-state index in [1.165, 1.54) is 4.90 Å². The van der Waals surface area contributed by atoms with E-state index < -0.39 is 0 Å². The molecule has 0 atom stereocenters. The van der Waals surface area contributed by atoms with E-state index in [0.29, 0.717) is 24.4 Å². The fourth-order valence-electron chi connectivity index (χ4n) is 3.42. The fourth-order valence-corrected chi connectivity index (χ4v) is 3.42. The first-order valence-electron chi connectivity index (χ1n) is 9.26. The van der Waals surface area contributed by atoms with Crippen LogP contribution >= 0.6 is 0 Å². The van der Waals surface area contributed by atoms with E-state index >= 15 is 0 Å². The topological polar surface area (TPSA) is 49.9 Å². The van der Waals surface area contributed by atoms with Gasteiger partial charge in [-0.05, 0) is 43.4 Å². The molecule has 1 fully saturated rings. The minimum absolute atomic E-state index is 0.143. The zero-order valence-corrected chi connectivity index (χ0v) is 15.1. The van der Waals surface area contributed by atoms with Crippen molar-refractivity contribution in [2.45, 2.75) is 39.5 Å². The number of likely N-dealkylation sites (tertiary alicyclic amines) is 1. The lowest BCUT2D eigenvalue weighted by Crippen LogP contribution is -2.35. The van der Waals surface area contributed by atoms with Crippen LogP contribution in [0.4, 0.5) is 0 Å². The van der Waals surface area contributed by atoms with E-state index in [4.69, 9.17) is 4.74 Å². The van der Waals surface area contributed by atoms with Gasteiger partial charge < -0.3 is 9.64 Å². The summed E-state index contributed by atoms with van der Waals surface area (Å²) in [6, 6.07) is 7.52. The van der Waals surface area contributed by atoms with Crippen molar-refractivity contribution in [1.82, 2.24) is 9.80 Å². The molecule has 2 aliphatic rings. The van der Waals surface area contributed by atoms with Crippen LogP contribution in [0.25, 0.3) is 5.57 Å². The Hall–Kier alpha value is -2.30. The molecular weight excluding hydrogens is 316 g/mol. The molecule has 0 aromatic heterocycles. The standard InChI is InChI=1S/C20H26N2O3/c1-3-11-22-19(23)17(18(20(22)24)21-12-5-6-13-21)15-7-9-16(10-8-15)25-14-4-2/h7-10H,3-6,11-14H2,1-2H3. The van der Waals surface area contributed by atoms with Gasteiger partial charge in [-0.2, -0.15) is 0 Å². The molecular formula is C20H26N2O3. The number of nitrogens with zero attached hydrogens (tertiary/aromatic N) is 2. The summed E-state index contributed by atoms with van der Waals surface area (Å²) in [6.07, 6.45) is 3.85. The van der Waals surface area contributed by atoms with Crippen LogP contribution in [0.15, 0.2) is 30.0 Å². The van der Waals surface area contributed by atoms with Crippen molar-refractivity contribution in [2.75, 3.05) is 26.2 Å². The van der Waals surface area contributed by atoms with Gasteiger partial charge in [-0.25, -0.2) is 0 Å². The molecule has 2 heterocycles. The first-order chi connectivity index (χ1) is 12.2. The number of carbonyl (C=O) groups is 2. The molecule has 0 aliphatic carbocycles. The van der Waals surface area contributed by atoms with E-state index in [-0.39, 0.29) is 11.8 Å². The highest BCUT2D eigenvalue weighted by atomic mass is 16.5. The highest BCUT2D eigenvalue weighted by Crippen LogP contribution is 2.34. The maximum atomic E-state index is 12.9. The predicted molar refractivity (Wildman–Crippen MR) is 97.0 cm³/mol. The average Bonchev–Trinajstić information content (AvgIpc) is 3.23. The van der Waals surface area contributed by atoms with Crippen LogP contribution < -0.4 is 4.74 Å². The van der Waals surface area contributed by atoms with Crippen molar-refractivity contribution in [2.24, 2.45) is 0 Å². The van der Waals surface area contributed by atoms with Crippen molar-refractivity contribution >= 4 is 17.4 Å². The van der Waals surface area contributed by atoms with Crippen molar-refractivity contribution in [3.05, 3.63) is 35.5 Å². The summed E-state index contributed by atoms with van der Waals surface area (Å²) in [5, 5.41) is 0. The van der Waals surface area contributed by atoms with Crippen molar-refractivity contribution in [1.29, 1.82) is 0 Å². The van der Waals surface area contributed by atoms with Gasteiger partial charge in [0.15, 0.2) is 0 Å². The number of benzene rings is 1. The number of ether oxygens (including phenoxy) is 1. The molecule has 0 N–H and O–H groups in total. The molecule has 0 bridgehead atoms. The van der Waals surface area contributed by atoms with E-state index in [1.54, 1.807) is 0 Å². The van der Waals surface area contributed by atoms with Gasteiger partial charge in [0.05, 0.1) is 12.2 Å². The van der Waals surface area contributed by atoms with E-state index in [2.05, 4.69) is 11.8 Å². The van der Waals surface area contributed by atoms with Crippen LogP contribution in [0, 0.1) is 0 Å². The van der Waals surface area contributed by atoms with Gasteiger partial charge in [0.2, 0.25) is 0 Å². The monoisotopic (exact) mass is 342 g/mol. The third-order valence-corrected chi connectivity index (χ3v) is 4.63. The number of rotatable bonds is 7. The molecule has 0 spiro atoms. The van der Waals surface area contributed by atoms with Gasteiger partial charge >= 0.3 is 0 Å². The summed E-state index contributed by atoms with van der Waals surface area (Å²) in [6.45, 7) is 6.87. The number of hydrogen-bond donors (Lipinski definition) is 0. The number of hydrogen-bond acceptors (Lipinski definition) is 4. The van der Waals surface area contributed by atoms with Crippen LogP contribution in [-0.2, 0) is 9.59 Å².